The van der Waals surface area contributed by atoms with E-state index in [9.17, 15) is 23.7 Å². The molecule has 0 saturated carbocycles. The van der Waals surface area contributed by atoms with Gasteiger partial charge < -0.3 is 14.9 Å². The normalized spacial score (nSPS) is 10.4. The smallest absolute Gasteiger partial charge is 0.364 e. The van der Waals surface area contributed by atoms with Gasteiger partial charge in [-0.15, -0.1) is 0 Å². The van der Waals surface area contributed by atoms with E-state index in [2.05, 4.69) is 9.72 Å². The number of hydrogen-bond acceptors (Lipinski definition) is 5. The number of carbonyl (C=O) groups excluding carboxylic acids is 1. The molecule has 0 aliphatic carbocycles. The summed E-state index contributed by atoms with van der Waals surface area (Å²) in [6.07, 6.45) is -3.25. The summed E-state index contributed by atoms with van der Waals surface area (Å²) in [5.74, 6) is -1.36. The Kier molecular flexibility index (Phi) is 4.64. The van der Waals surface area contributed by atoms with Gasteiger partial charge in [-0.05, 0) is 28.5 Å². The third-order valence-electron chi connectivity index (χ3n) is 1.96. The van der Waals surface area contributed by atoms with Gasteiger partial charge >= 0.3 is 18.2 Å². The number of nitrogens with zero attached hydrogens (tertiary/aromatic N) is 2. The van der Waals surface area contributed by atoms with Crippen LogP contribution in [0, 0.1) is 10.1 Å². The van der Waals surface area contributed by atoms with Crippen molar-refractivity contribution in [2.45, 2.75) is 19.8 Å². The molecule has 1 heterocycles. The highest BCUT2D eigenvalue weighted by molar-refractivity contribution is 5.72. The van der Waals surface area contributed by atoms with Crippen LogP contribution in [-0.2, 0) is 16.0 Å². The molecule has 0 aromatic carbocycles. The van der Waals surface area contributed by atoms with Crippen molar-refractivity contribution in [2.75, 3.05) is 6.61 Å². The van der Waals surface area contributed by atoms with E-state index in [-0.39, 0.29) is 18.6 Å². The Balaban J connectivity index is 3.03. The van der Waals surface area contributed by atoms with Crippen LogP contribution in [0.2, 0.25) is 0 Å². The molecule has 6 nitrogen and oxygen atoms in total. The zero-order valence-electron chi connectivity index (χ0n) is 9.43. The monoisotopic (exact) mass is 260 g/mol. The summed E-state index contributed by atoms with van der Waals surface area (Å²) < 4.78 is 29.6. The van der Waals surface area contributed by atoms with E-state index in [0.717, 1.165) is 12.1 Å². The molecule has 0 unspecified atom stereocenters. The maximum atomic E-state index is 12.5. The van der Waals surface area contributed by atoms with Gasteiger partial charge in [-0.3, -0.25) is 4.79 Å². The van der Waals surface area contributed by atoms with Crippen LogP contribution in [0.1, 0.15) is 24.6 Å². The van der Waals surface area contributed by atoms with Gasteiger partial charge in [-0.25, -0.2) is 8.78 Å². The van der Waals surface area contributed by atoms with Crippen molar-refractivity contribution >= 4 is 11.8 Å². The van der Waals surface area contributed by atoms with Gasteiger partial charge in [0.15, 0.2) is 0 Å². The molecular weight excluding hydrogens is 250 g/mol. The van der Waals surface area contributed by atoms with Gasteiger partial charge in [0.25, 0.3) is 0 Å². The highest BCUT2D eigenvalue weighted by atomic mass is 19.3. The summed E-state index contributed by atoms with van der Waals surface area (Å²) in [5.41, 5.74) is -0.658. The van der Waals surface area contributed by atoms with Gasteiger partial charge in [-0.2, -0.15) is 0 Å². The molecule has 0 aliphatic heterocycles. The molecule has 8 heteroatoms. The van der Waals surface area contributed by atoms with Crippen LogP contribution < -0.4 is 0 Å². The molecule has 1 aromatic heterocycles. The second-order valence-corrected chi connectivity index (χ2v) is 3.30. The van der Waals surface area contributed by atoms with Crippen LogP contribution in [0.4, 0.5) is 14.6 Å². The number of ether oxygens (including phenoxy) is 1. The number of rotatable bonds is 5. The van der Waals surface area contributed by atoms with Gasteiger partial charge in [0.1, 0.15) is 0 Å². The lowest BCUT2D eigenvalue weighted by molar-refractivity contribution is -0.389. The van der Waals surface area contributed by atoms with Crippen molar-refractivity contribution < 1.29 is 23.2 Å². The minimum absolute atomic E-state index is 0.0745. The van der Waals surface area contributed by atoms with E-state index in [1.54, 1.807) is 6.92 Å². The molecule has 0 amide bonds. The zero-order valence-corrected chi connectivity index (χ0v) is 9.43. The highest BCUT2D eigenvalue weighted by Gasteiger charge is 2.21. The van der Waals surface area contributed by atoms with Gasteiger partial charge in [-0.1, -0.05) is 0 Å². The minimum Gasteiger partial charge on any atom is -0.466 e. The van der Waals surface area contributed by atoms with Crippen molar-refractivity contribution in [1.82, 2.24) is 4.98 Å². The number of nitro groups is 1. The topological polar surface area (TPSA) is 82.3 Å². The van der Waals surface area contributed by atoms with Crippen LogP contribution in [0.5, 0.6) is 0 Å². The number of halogens is 2. The molecule has 0 N–H and O–H groups in total. The standard InChI is InChI=1S/C10H10F2N2O4/c1-2-18-9(15)5-6-3-7(10(11)12)13-8(4-6)14(16)17/h3-4,10H,2,5H2,1H3. The van der Waals surface area contributed by atoms with Gasteiger partial charge in [0, 0.05) is 6.07 Å². The van der Waals surface area contributed by atoms with E-state index in [0.29, 0.717) is 0 Å². The number of carbonyl (C=O) groups is 1. The third-order valence-corrected chi connectivity index (χ3v) is 1.96. The van der Waals surface area contributed by atoms with Crippen LogP contribution in [0.15, 0.2) is 12.1 Å². The Morgan fingerprint density at radius 3 is 2.72 bits per heavy atom. The molecule has 18 heavy (non-hydrogen) atoms. The number of pyridine rings is 1. The quantitative estimate of drug-likeness (QED) is 0.459. The van der Waals surface area contributed by atoms with E-state index in [4.69, 9.17) is 0 Å². The van der Waals surface area contributed by atoms with Crippen molar-refractivity contribution in [3.05, 3.63) is 33.5 Å². The summed E-state index contributed by atoms with van der Waals surface area (Å²) in [7, 11) is 0. The summed E-state index contributed by atoms with van der Waals surface area (Å²) in [4.78, 5) is 24.0. The van der Waals surface area contributed by atoms with Gasteiger partial charge in [0.05, 0.1) is 13.0 Å². The first-order chi connectivity index (χ1) is 8.43. The van der Waals surface area contributed by atoms with Crippen molar-refractivity contribution in [3.63, 3.8) is 0 Å². The molecule has 0 atom stereocenters. The molecule has 0 aliphatic rings. The molecular formula is C10H10F2N2O4. The maximum absolute atomic E-state index is 12.5. The Bertz CT molecular complexity index is 465. The first kappa shape index (κ1) is 13.9. The molecule has 0 fully saturated rings. The Morgan fingerprint density at radius 2 is 2.22 bits per heavy atom. The SMILES string of the molecule is CCOC(=O)Cc1cc(C(F)F)nc([N+](=O)[O-])c1. The molecule has 1 aromatic rings. The average Bonchev–Trinajstić information content (AvgIpc) is 2.28. The van der Waals surface area contributed by atoms with Crippen molar-refractivity contribution in [2.24, 2.45) is 0 Å². The second-order valence-electron chi connectivity index (χ2n) is 3.30. The predicted octanol–water partition coefficient (Wildman–Crippen LogP) is 2.03. The number of hydrogen-bond donors (Lipinski definition) is 0. The summed E-state index contributed by atoms with van der Waals surface area (Å²) in [6, 6.07) is 1.93. The minimum atomic E-state index is -2.94. The molecule has 0 radical (unpaired) electrons. The maximum Gasteiger partial charge on any atom is 0.364 e. The summed E-state index contributed by atoms with van der Waals surface area (Å²) in [5, 5.41) is 10.5. The third kappa shape index (κ3) is 3.72. The molecule has 0 spiro atoms. The van der Waals surface area contributed by atoms with Crippen LogP contribution in [0.25, 0.3) is 0 Å². The van der Waals surface area contributed by atoms with Crippen LogP contribution >= 0.6 is 0 Å². The lowest BCUT2D eigenvalue weighted by Gasteiger charge is -2.03. The summed E-state index contributed by atoms with van der Waals surface area (Å²) >= 11 is 0. The number of aromatic nitrogens is 1. The van der Waals surface area contributed by atoms with Crippen LogP contribution in [0.3, 0.4) is 0 Å². The van der Waals surface area contributed by atoms with E-state index >= 15 is 0 Å². The van der Waals surface area contributed by atoms with Crippen molar-refractivity contribution in [1.29, 1.82) is 0 Å². The highest BCUT2D eigenvalue weighted by Crippen LogP contribution is 2.22. The fourth-order valence-electron chi connectivity index (χ4n) is 1.28. The lowest BCUT2D eigenvalue weighted by atomic mass is 10.1. The molecule has 0 saturated heterocycles. The van der Waals surface area contributed by atoms with Gasteiger partial charge in [0.2, 0.25) is 5.69 Å². The zero-order chi connectivity index (χ0) is 13.7. The first-order valence-electron chi connectivity index (χ1n) is 5.03. The van der Waals surface area contributed by atoms with E-state index in [1.165, 1.54) is 0 Å². The Morgan fingerprint density at radius 1 is 1.56 bits per heavy atom. The second kappa shape index (κ2) is 5.99. The fraction of sp³-hybridized carbons (Fsp3) is 0.400. The number of esters is 1. The van der Waals surface area contributed by atoms with Crippen molar-refractivity contribution in [3.8, 4) is 0 Å². The lowest BCUT2D eigenvalue weighted by Crippen LogP contribution is -2.09. The Hall–Kier alpha value is -2.12. The predicted molar refractivity (Wildman–Crippen MR) is 56.2 cm³/mol. The molecule has 0 bridgehead atoms. The van der Waals surface area contributed by atoms with E-state index < -0.39 is 28.8 Å². The van der Waals surface area contributed by atoms with E-state index in [1.807, 2.05) is 0 Å². The Labute approximate surface area is 101 Å². The first-order valence-corrected chi connectivity index (χ1v) is 5.03. The molecule has 98 valence electrons. The number of alkyl halides is 2. The fourth-order valence-corrected chi connectivity index (χ4v) is 1.28. The molecule has 1 rings (SSSR count). The largest absolute Gasteiger partial charge is 0.466 e. The van der Waals surface area contributed by atoms with Crippen LogP contribution in [-0.4, -0.2) is 22.5 Å². The summed E-state index contributed by atoms with van der Waals surface area (Å²) in [6.45, 7) is 1.74. The average molecular weight is 260 g/mol.